The van der Waals surface area contributed by atoms with E-state index in [-0.39, 0.29) is 5.52 Å². The fraction of sp³-hybridized carbons (Fsp3) is 0.188. The first-order valence-corrected chi connectivity index (χ1v) is 7.13. The van der Waals surface area contributed by atoms with E-state index >= 15 is 0 Å². The van der Waals surface area contributed by atoms with Crippen LogP contribution in [0.4, 0.5) is 8.78 Å². The molecule has 1 aromatic heterocycles. The zero-order valence-corrected chi connectivity index (χ0v) is 12.2. The highest BCUT2D eigenvalue weighted by Gasteiger charge is 2.16. The third kappa shape index (κ3) is 2.51. The van der Waals surface area contributed by atoms with Crippen LogP contribution < -0.4 is 0 Å². The first kappa shape index (κ1) is 14.0. The molecule has 0 aliphatic rings. The molecule has 0 spiro atoms. The Bertz CT molecular complexity index is 811. The molecule has 0 fully saturated rings. The number of imidazole rings is 1. The predicted molar refractivity (Wildman–Crippen MR) is 80.1 cm³/mol. The molecule has 0 aliphatic heterocycles. The Labute approximate surface area is 126 Å². The van der Waals surface area contributed by atoms with Crippen molar-refractivity contribution in [3.63, 3.8) is 0 Å². The fourth-order valence-electron chi connectivity index (χ4n) is 2.46. The van der Waals surface area contributed by atoms with Gasteiger partial charge in [-0.1, -0.05) is 12.1 Å². The van der Waals surface area contributed by atoms with Gasteiger partial charge in [0.1, 0.15) is 17.2 Å². The van der Waals surface area contributed by atoms with E-state index in [9.17, 15) is 8.78 Å². The quantitative estimate of drug-likeness (QED) is 0.656. The molecule has 2 nitrogen and oxygen atoms in total. The summed E-state index contributed by atoms with van der Waals surface area (Å²) in [4.78, 5) is 4.29. The maximum atomic E-state index is 13.9. The highest BCUT2D eigenvalue weighted by molar-refractivity contribution is 6.17. The second kappa shape index (κ2) is 5.45. The van der Waals surface area contributed by atoms with Crippen LogP contribution >= 0.6 is 11.6 Å². The molecule has 0 unspecified atom stereocenters. The topological polar surface area (TPSA) is 17.8 Å². The van der Waals surface area contributed by atoms with E-state index in [1.165, 1.54) is 6.07 Å². The van der Waals surface area contributed by atoms with Crippen LogP contribution in [0, 0.1) is 18.6 Å². The van der Waals surface area contributed by atoms with Gasteiger partial charge in [-0.2, -0.15) is 0 Å². The van der Waals surface area contributed by atoms with Gasteiger partial charge in [0.15, 0.2) is 5.82 Å². The van der Waals surface area contributed by atoms with E-state index in [1.54, 1.807) is 4.57 Å². The molecule has 3 rings (SSSR count). The standard InChI is InChI=1S/C16H13ClF2N2/c1-10-3-2-4-12(7-10)21-14-9-11(18)8-13(19)16(14)20-15(21)5-6-17/h2-4,7-9H,5-6H2,1H3. The Morgan fingerprint density at radius 2 is 2.00 bits per heavy atom. The van der Waals surface area contributed by atoms with Gasteiger partial charge in [-0.3, -0.25) is 4.57 Å². The van der Waals surface area contributed by atoms with E-state index in [2.05, 4.69) is 4.98 Å². The molecule has 0 amide bonds. The minimum absolute atomic E-state index is 0.165. The summed E-state index contributed by atoms with van der Waals surface area (Å²) in [6.45, 7) is 1.96. The average molecular weight is 307 g/mol. The minimum Gasteiger partial charge on any atom is -0.296 e. The van der Waals surface area contributed by atoms with Crippen LogP contribution in [0.15, 0.2) is 36.4 Å². The van der Waals surface area contributed by atoms with E-state index in [4.69, 9.17) is 11.6 Å². The van der Waals surface area contributed by atoms with Crippen molar-refractivity contribution in [2.75, 3.05) is 5.88 Å². The van der Waals surface area contributed by atoms with Crippen LogP contribution in [0.2, 0.25) is 0 Å². The highest BCUT2D eigenvalue weighted by atomic mass is 35.5. The van der Waals surface area contributed by atoms with E-state index in [0.29, 0.717) is 23.6 Å². The molecule has 2 aromatic carbocycles. The smallest absolute Gasteiger partial charge is 0.153 e. The summed E-state index contributed by atoms with van der Waals surface area (Å²) in [6, 6.07) is 9.84. The van der Waals surface area contributed by atoms with Crippen LogP contribution in [0.3, 0.4) is 0 Å². The second-order valence-corrected chi connectivity index (χ2v) is 5.27. The Kier molecular flexibility index (Phi) is 3.64. The van der Waals surface area contributed by atoms with Gasteiger partial charge in [-0.25, -0.2) is 13.8 Å². The lowest BCUT2D eigenvalue weighted by Crippen LogP contribution is -2.02. The van der Waals surface area contributed by atoms with Gasteiger partial charge in [0, 0.05) is 30.1 Å². The molecule has 0 saturated carbocycles. The maximum Gasteiger partial charge on any atom is 0.153 e. The third-order valence-corrected chi connectivity index (χ3v) is 3.51. The lowest BCUT2D eigenvalue weighted by atomic mass is 10.2. The van der Waals surface area contributed by atoms with Crippen LogP contribution in [0.5, 0.6) is 0 Å². The minimum atomic E-state index is -0.660. The van der Waals surface area contributed by atoms with Crippen molar-refractivity contribution < 1.29 is 8.78 Å². The number of alkyl halides is 1. The van der Waals surface area contributed by atoms with E-state index in [0.717, 1.165) is 17.3 Å². The summed E-state index contributed by atoms with van der Waals surface area (Å²) in [5.74, 6) is -0.298. The third-order valence-electron chi connectivity index (χ3n) is 3.33. The molecule has 21 heavy (non-hydrogen) atoms. The van der Waals surface area contributed by atoms with E-state index < -0.39 is 11.6 Å². The van der Waals surface area contributed by atoms with Gasteiger partial charge in [-0.05, 0) is 24.6 Å². The molecule has 0 bridgehead atoms. The number of fused-ring (bicyclic) bond motifs is 1. The fourth-order valence-corrected chi connectivity index (χ4v) is 2.63. The maximum absolute atomic E-state index is 13.9. The van der Waals surface area contributed by atoms with Gasteiger partial charge in [0.2, 0.25) is 0 Å². The monoisotopic (exact) mass is 306 g/mol. The van der Waals surface area contributed by atoms with Crippen molar-refractivity contribution >= 4 is 22.6 Å². The van der Waals surface area contributed by atoms with Crippen LogP contribution in [0.1, 0.15) is 11.4 Å². The molecule has 3 aromatic rings. The first-order chi connectivity index (χ1) is 10.1. The molecular formula is C16H13ClF2N2. The first-order valence-electron chi connectivity index (χ1n) is 6.59. The van der Waals surface area contributed by atoms with Crippen molar-refractivity contribution in [1.82, 2.24) is 9.55 Å². The van der Waals surface area contributed by atoms with Gasteiger partial charge in [0.05, 0.1) is 5.52 Å². The van der Waals surface area contributed by atoms with Gasteiger partial charge < -0.3 is 0 Å². The lowest BCUT2D eigenvalue weighted by molar-refractivity contribution is 0.590. The number of aryl methyl sites for hydroxylation is 2. The van der Waals surface area contributed by atoms with Crippen LogP contribution in [-0.4, -0.2) is 15.4 Å². The summed E-state index contributed by atoms with van der Waals surface area (Å²) >= 11 is 5.80. The number of rotatable bonds is 3. The molecule has 0 radical (unpaired) electrons. The van der Waals surface area contributed by atoms with Crippen molar-refractivity contribution in [2.45, 2.75) is 13.3 Å². The summed E-state index contributed by atoms with van der Waals surface area (Å²) in [5.41, 5.74) is 2.46. The molecule has 0 aliphatic carbocycles. The zero-order chi connectivity index (χ0) is 15.0. The second-order valence-electron chi connectivity index (χ2n) is 4.90. The molecule has 0 N–H and O–H groups in total. The Morgan fingerprint density at radius 1 is 1.19 bits per heavy atom. The van der Waals surface area contributed by atoms with Crippen LogP contribution in [0.25, 0.3) is 16.7 Å². The molecule has 0 saturated heterocycles. The zero-order valence-electron chi connectivity index (χ0n) is 11.4. The highest BCUT2D eigenvalue weighted by Crippen LogP contribution is 2.25. The Hall–Kier alpha value is -1.94. The lowest BCUT2D eigenvalue weighted by Gasteiger charge is -2.09. The van der Waals surface area contributed by atoms with Crippen molar-refractivity contribution in [2.24, 2.45) is 0 Å². The van der Waals surface area contributed by atoms with Crippen molar-refractivity contribution in [1.29, 1.82) is 0 Å². The molecule has 1 heterocycles. The average Bonchev–Trinajstić information content (AvgIpc) is 2.77. The largest absolute Gasteiger partial charge is 0.296 e. The summed E-state index contributed by atoms with van der Waals surface area (Å²) in [6.07, 6.45) is 0.477. The Morgan fingerprint density at radius 3 is 2.71 bits per heavy atom. The molecular weight excluding hydrogens is 294 g/mol. The number of nitrogens with zero attached hydrogens (tertiary/aromatic N) is 2. The van der Waals surface area contributed by atoms with Gasteiger partial charge in [-0.15, -0.1) is 11.6 Å². The number of hydrogen-bond donors (Lipinski definition) is 0. The van der Waals surface area contributed by atoms with Crippen molar-refractivity contribution in [3.8, 4) is 5.69 Å². The predicted octanol–water partition coefficient (Wildman–Crippen LogP) is 4.39. The molecule has 0 atom stereocenters. The van der Waals surface area contributed by atoms with Crippen molar-refractivity contribution in [3.05, 3.63) is 59.4 Å². The normalized spacial score (nSPS) is 11.2. The Balaban J connectivity index is 2.35. The molecule has 108 valence electrons. The number of aromatic nitrogens is 2. The summed E-state index contributed by atoms with van der Waals surface area (Å²) < 4.78 is 29.2. The molecule has 5 heteroatoms. The summed E-state index contributed by atoms with van der Waals surface area (Å²) in [5, 5.41) is 0. The van der Waals surface area contributed by atoms with Gasteiger partial charge in [0.25, 0.3) is 0 Å². The number of hydrogen-bond acceptors (Lipinski definition) is 1. The SMILES string of the molecule is Cc1cccc(-n2c(CCCl)nc3c(F)cc(F)cc32)c1. The van der Waals surface area contributed by atoms with E-state index in [1.807, 2.05) is 31.2 Å². The van der Waals surface area contributed by atoms with Gasteiger partial charge >= 0.3 is 0 Å². The van der Waals surface area contributed by atoms with Crippen LogP contribution in [-0.2, 0) is 6.42 Å². The number of halogens is 3. The number of benzene rings is 2. The summed E-state index contributed by atoms with van der Waals surface area (Å²) in [7, 11) is 0.